The molecule has 0 amide bonds. The third kappa shape index (κ3) is 2.76. The number of aldehydes is 1. The predicted molar refractivity (Wildman–Crippen MR) is 99.1 cm³/mol. The van der Waals surface area contributed by atoms with Gasteiger partial charge in [-0.05, 0) is 24.6 Å². The number of aromatic nitrogens is 1. The number of nitrogens with zero attached hydrogens (tertiary/aromatic N) is 1. The molecule has 0 aliphatic heterocycles. The zero-order valence-electron chi connectivity index (χ0n) is 14.7. The number of unbranched alkanes of at least 4 members (excludes halogenated alkanes) is 1. The van der Waals surface area contributed by atoms with Crippen LogP contribution in [0, 0.1) is 0 Å². The molecule has 0 aliphatic rings. The standard InChI is InChI=1S/C20H21NO4/c1-4-5-9-21-19-13(12-22)7-6-8-14(19)15-10-17(24-2)18(25-3)11-16(15)20(21)23/h6-8,10-12H,4-5,9H2,1-3H3. The maximum Gasteiger partial charge on any atom is 0.259 e. The van der Waals surface area contributed by atoms with E-state index in [2.05, 4.69) is 6.92 Å². The number of rotatable bonds is 6. The minimum absolute atomic E-state index is 0.119. The summed E-state index contributed by atoms with van der Waals surface area (Å²) in [5.41, 5.74) is 1.07. The predicted octanol–water partition coefficient (Wildman–Crippen LogP) is 3.78. The maximum absolute atomic E-state index is 13.1. The largest absolute Gasteiger partial charge is 0.493 e. The number of benzene rings is 2. The van der Waals surface area contributed by atoms with Gasteiger partial charge in [-0.3, -0.25) is 9.59 Å². The fourth-order valence-corrected chi connectivity index (χ4v) is 3.23. The molecule has 0 aliphatic carbocycles. The van der Waals surface area contributed by atoms with Gasteiger partial charge in [-0.15, -0.1) is 0 Å². The monoisotopic (exact) mass is 339 g/mol. The summed E-state index contributed by atoms with van der Waals surface area (Å²) >= 11 is 0. The molecular weight excluding hydrogens is 318 g/mol. The highest BCUT2D eigenvalue weighted by Crippen LogP contribution is 2.34. The van der Waals surface area contributed by atoms with Gasteiger partial charge in [0.25, 0.3) is 5.56 Å². The third-order valence-corrected chi connectivity index (χ3v) is 4.49. The summed E-state index contributed by atoms with van der Waals surface area (Å²) in [4.78, 5) is 24.7. The Balaban J connectivity index is 2.52. The number of carbonyl (C=O) groups excluding carboxylic acids is 1. The van der Waals surface area contributed by atoms with Crippen LogP contribution in [0.3, 0.4) is 0 Å². The Morgan fingerprint density at radius 1 is 1.04 bits per heavy atom. The van der Waals surface area contributed by atoms with Crippen molar-refractivity contribution < 1.29 is 14.3 Å². The van der Waals surface area contributed by atoms with Crippen LogP contribution in [0.5, 0.6) is 11.5 Å². The molecule has 5 heteroatoms. The fraction of sp³-hybridized carbons (Fsp3) is 0.300. The Hall–Kier alpha value is -2.82. The van der Waals surface area contributed by atoms with Gasteiger partial charge in [0.15, 0.2) is 17.8 Å². The second-order valence-corrected chi connectivity index (χ2v) is 5.92. The molecule has 3 rings (SSSR count). The summed E-state index contributed by atoms with van der Waals surface area (Å²) in [5.74, 6) is 1.07. The van der Waals surface area contributed by atoms with Crippen molar-refractivity contribution in [3.63, 3.8) is 0 Å². The van der Waals surface area contributed by atoms with Crippen LogP contribution in [0.2, 0.25) is 0 Å². The Kier molecular flexibility index (Phi) is 4.74. The van der Waals surface area contributed by atoms with Crippen LogP contribution in [0.4, 0.5) is 0 Å². The summed E-state index contributed by atoms with van der Waals surface area (Å²) < 4.78 is 12.4. The number of aryl methyl sites for hydroxylation is 1. The fourth-order valence-electron chi connectivity index (χ4n) is 3.23. The van der Waals surface area contributed by atoms with Crippen LogP contribution in [-0.2, 0) is 6.54 Å². The molecule has 0 bridgehead atoms. The summed E-state index contributed by atoms with van der Waals surface area (Å²) in [7, 11) is 3.11. The van der Waals surface area contributed by atoms with Crippen molar-refractivity contribution in [1.29, 1.82) is 0 Å². The molecule has 0 atom stereocenters. The molecule has 130 valence electrons. The molecule has 0 unspecified atom stereocenters. The summed E-state index contributed by atoms with van der Waals surface area (Å²) in [6.07, 6.45) is 2.62. The minimum atomic E-state index is -0.119. The van der Waals surface area contributed by atoms with E-state index in [0.29, 0.717) is 34.5 Å². The lowest BCUT2D eigenvalue weighted by atomic mass is 10.0. The van der Waals surface area contributed by atoms with E-state index in [9.17, 15) is 9.59 Å². The van der Waals surface area contributed by atoms with Gasteiger partial charge in [-0.2, -0.15) is 0 Å². The van der Waals surface area contributed by atoms with E-state index >= 15 is 0 Å². The van der Waals surface area contributed by atoms with Crippen LogP contribution in [0.1, 0.15) is 30.1 Å². The van der Waals surface area contributed by atoms with E-state index in [1.54, 1.807) is 37.0 Å². The third-order valence-electron chi connectivity index (χ3n) is 4.49. The van der Waals surface area contributed by atoms with E-state index in [-0.39, 0.29) is 5.56 Å². The van der Waals surface area contributed by atoms with Gasteiger partial charge in [0, 0.05) is 22.9 Å². The normalized spacial score (nSPS) is 11.0. The van der Waals surface area contributed by atoms with E-state index in [1.165, 1.54) is 0 Å². The van der Waals surface area contributed by atoms with Crippen LogP contribution < -0.4 is 15.0 Å². The van der Waals surface area contributed by atoms with E-state index in [0.717, 1.165) is 29.9 Å². The van der Waals surface area contributed by atoms with Gasteiger partial charge in [0.2, 0.25) is 0 Å². The van der Waals surface area contributed by atoms with Gasteiger partial charge in [0.1, 0.15) is 0 Å². The molecule has 1 aromatic heterocycles. The van der Waals surface area contributed by atoms with Crippen LogP contribution in [0.25, 0.3) is 21.7 Å². The molecule has 0 N–H and O–H groups in total. The first-order valence-electron chi connectivity index (χ1n) is 8.32. The lowest BCUT2D eigenvalue weighted by Gasteiger charge is -2.16. The molecule has 2 aromatic carbocycles. The summed E-state index contributed by atoms with van der Waals surface area (Å²) in [6, 6.07) is 9.02. The van der Waals surface area contributed by atoms with Crippen molar-refractivity contribution in [3.05, 3.63) is 46.2 Å². The van der Waals surface area contributed by atoms with Gasteiger partial charge in [-0.25, -0.2) is 0 Å². The van der Waals surface area contributed by atoms with Crippen molar-refractivity contribution in [2.45, 2.75) is 26.3 Å². The Morgan fingerprint density at radius 3 is 2.32 bits per heavy atom. The summed E-state index contributed by atoms with van der Waals surface area (Å²) in [6.45, 7) is 2.64. The zero-order chi connectivity index (χ0) is 18.0. The van der Waals surface area contributed by atoms with Crippen molar-refractivity contribution >= 4 is 28.0 Å². The molecule has 0 fully saturated rings. The number of ether oxygens (including phenoxy) is 2. The van der Waals surface area contributed by atoms with Gasteiger partial charge in [-0.1, -0.05) is 25.5 Å². The van der Waals surface area contributed by atoms with Crippen molar-refractivity contribution in [3.8, 4) is 11.5 Å². The average Bonchev–Trinajstić information content (AvgIpc) is 2.66. The van der Waals surface area contributed by atoms with Gasteiger partial charge in [0.05, 0.1) is 25.1 Å². The SMILES string of the molecule is CCCCn1c(=O)c2cc(OC)c(OC)cc2c2cccc(C=O)c21. The zero-order valence-corrected chi connectivity index (χ0v) is 14.7. The van der Waals surface area contributed by atoms with E-state index in [4.69, 9.17) is 9.47 Å². The molecule has 1 heterocycles. The molecular formula is C20H21NO4. The van der Waals surface area contributed by atoms with Crippen molar-refractivity contribution in [2.24, 2.45) is 0 Å². The van der Waals surface area contributed by atoms with Crippen LogP contribution >= 0.6 is 0 Å². The Labute approximate surface area is 145 Å². The molecule has 0 spiro atoms. The first kappa shape index (κ1) is 17.0. The highest BCUT2D eigenvalue weighted by atomic mass is 16.5. The topological polar surface area (TPSA) is 57.5 Å². The van der Waals surface area contributed by atoms with Crippen LogP contribution in [0.15, 0.2) is 35.1 Å². The number of hydrogen-bond donors (Lipinski definition) is 0. The first-order chi connectivity index (χ1) is 12.2. The van der Waals surface area contributed by atoms with Crippen molar-refractivity contribution in [1.82, 2.24) is 4.57 Å². The number of pyridine rings is 1. The van der Waals surface area contributed by atoms with E-state index in [1.807, 2.05) is 12.1 Å². The number of para-hydroxylation sites is 1. The molecule has 5 nitrogen and oxygen atoms in total. The second-order valence-electron chi connectivity index (χ2n) is 5.92. The smallest absolute Gasteiger partial charge is 0.259 e. The molecule has 25 heavy (non-hydrogen) atoms. The quantitative estimate of drug-likeness (QED) is 0.506. The van der Waals surface area contributed by atoms with E-state index < -0.39 is 0 Å². The van der Waals surface area contributed by atoms with Crippen LogP contribution in [-0.4, -0.2) is 25.1 Å². The number of carbonyl (C=O) groups is 1. The second kappa shape index (κ2) is 6.97. The number of methoxy groups -OCH3 is 2. The van der Waals surface area contributed by atoms with Crippen molar-refractivity contribution in [2.75, 3.05) is 14.2 Å². The Morgan fingerprint density at radius 2 is 1.72 bits per heavy atom. The minimum Gasteiger partial charge on any atom is -0.493 e. The molecule has 3 aromatic rings. The highest BCUT2D eigenvalue weighted by molar-refractivity contribution is 6.10. The number of hydrogen-bond acceptors (Lipinski definition) is 4. The van der Waals surface area contributed by atoms with Gasteiger partial charge >= 0.3 is 0 Å². The lowest BCUT2D eigenvalue weighted by molar-refractivity contribution is 0.112. The molecule has 0 saturated heterocycles. The van der Waals surface area contributed by atoms with Gasteiger partial charge < -0.3 is 14.0 Å². The average molecular weight is 339 g/mol. The summed E-state index contributed by atoms with van der Waals surface area (Å²) in [5, 5.41) is 2.18. The number of fused-ring (bicyclic) bond motifs is 3. The lowest BCUT2D eigenvalue weighted by Crippen LogP contribution is -2.22. The molecule has 0 saturated carbocycles. The first-order valence-corrected chi connectivity index (χ1v) is 8.32. The molecule has 0 radical (unpaired) electrons. The Bertz CT molecular complexity index is 1000. The maximum atomic E-state index is 13.1. The highest BCUT2D eigenvalue weighted by Gasteiger charge is 2.16.